The number of anilines is 3. The quantitative estimate of drug-likeness (QED) is 0.152. The molecule has 0 atom stereocenters. The van der Waals surface area contributed by atoms with Crippen molar-refractivity contribution in [3.63, 3.8) is 0 Å². The van der Waals surface area contributed by atoms with Gasteiger partial charge in [0, 0.05) is 17.4 Å². The molecule has 312 valence electrons. The molecular formula is C63H43NO2. The summed E-state index contributed by atoms with van der Waals surface area (Å²) in [5, 5.41) is 0. The zero-order valence-electron chi connectivity index (χ0n) is 39.8. The maximum atomic E-state index is 10.4. The molecule has 1 aliphatic heterocycles. The first-order valence-electron chi connectivity index (χ1n) is 24.4. The molecule has 66 heavy (non-hydrogen) atoms. The minimum Gasteiger partial charge on any atom is -0.454 e. The van der Waals surface area contributed by atoms with E-state index in [1.54, 1.807) is 0 Å². The van der Waals surface area contributed by atoms with Crippen LogP contribution in [-0.4, -0.2) is 6.79 Å². The first-order chi connectivity index (χ1) is 34.4. The van der Waals surface area contributed by atoms with Crippen molar-refractivity contribution in [3.8, 4) is 44.9 Å². The fourth-order valence-corrected chi connectivity index (χ4v) is 11.2. The van der Waals surface area contributed by atoms with Gasteiger partial charge in [-0.1, -0.05) is 200 Å². The lowest BCUT2D eigenvalue weighted by Gasteiger charge is -2.35. The monoisotopic (exact) mass is 849 g/mol. The molecule has 0 aromatic heterocycles. The van der Waals surface area contributed by atoms with Crippen LogP contribution in [0.25, 0.3) is 33.4 Å². The lowest BCUT2D eigenvalue weighted by atomic mass is 9.67. The highest BCUT2D eigenvalue weighted by Crippen LogP contribution is 2.59. The van der Waals surface area contributed by atoms with E-state index in [1.807, 2.05) is 59.5 Å². The van der Waals surface area contributed by atoms with E-state index in [-0.39, 0.29) is 42.2 Å². The maximum absolute atomic E-state index is 10.4. The summed E-state index contributed by atoms with van der Waals surface area (Å²) >= 11 is 0. The summed E-state index contributed by atoms with van der Waals surface area (Å²) in [4.78, 5) is 1.90. The highest BCUT2D eigenvalue weighted by Gasteiger charge is 2.47. The number of hydrogen-bond donors (Lipinski definition) is 0. The Balaban J connectivity index is 1.07. The molecule has 0 saturated carbocycles. The molecule has 3 nitrogen and oxygen atoms in total. The van der Waals surface area contributed by atoms with Gasteiger partial charge in [-0.3, -0.25) is 0 Å². The van der Waals surface area contributed by atoms with Crippen molar-refractivity contribution in [1.82, 2.24) is 0 Å². The summed E-state index contributed by atoms with van der Waals surface area (Å²) in [6, 6.07) is 76.9. The summed E-state index contributed by atoms with van der Waals surface area (Å²) in [7, 11) is 0. The Kier molecular flexibility index (Phi) is 7.80. The minimum absolute atomic E-state index is 0.0367. The molecule has 2 aliphatic carbocycles. The van der Waals surface area contributed by atoms with Crippen LogP contribution in [0.1, 0.15) is 50.0 Å². The topological polar surface area (TPSA) is 21.7 Å². The molecule has 0 radical (unpaired) electrons. The van der Waals surface area contributed by atoms with E-state index in [4.69, 9.17) is 9.47 Å². The first-order valence-corrected chi connectivity index (χ1v) is 22.4. The number of hydrogen-bond acceptors (Lipinski definition) is 3. The van der Waals surface area contributed by atoms with Crippen LogP contribution in [0.3, 0.4) is 0 Å². The second-order valence-corrected chi connectivity index (χ2v) is 17.1. The van der Waals surface area contributed by atoms with Gasteiger partial charge in [-0.25, -0.2) is 0 Å². The van der Waals surface area contributed by atoms with E-state index in [0.717, 1.165) is 66.8 Å². The number of fused-ring (bicyclic) bond motifs is 7. The Labute approximate surface area is 391 Å². The van der Waals surface area contributed by atoms with Crippen molar-refractivity contribution in [1.29, 1.82) is 0 Å². The first kappa shape index (κ1) is 34.1. The second kappa shape index (κ2) is 15.1. The van der Waals surface area contributed by atoms with Crippen molar-refractivity contribution >= 4 is 17.1 Å². The lowest BCUT2D eigenvalue weighted by Crippen LogP contribution is -2.28. The molecule has 0 saturated heterocycles. The summed E-state index contributed by atoms with van der Waals surface area (Å²) in [6.07, 6.45) is 0. The van der Waals surface area contributed by atoms with Crippen LogP contribution in [0, 0.1) is 0 Å². The second-order valence-electron chi connectivity index (χ2n) is 17.1. The lowest BCUT2D eigenvalue weighted by molar-refractivity contribution is 0.174. The van der Waals surface area contributed by atoms with Crippen LogP contribution in [0.2, 0.25) is 0 Å². The minimum atomic E-state index is -0.721. The Morgan fingerprint density at radius 2 is 0.818 bits per heavy atom. The van der Waals surface area contributed by atoms with Crippen molar-refractivity contribution in [3.05, 3.63) is 293 Å². The van der Waals surface area contributed by atoms with Crippen molar-refractivity contribution < 1.29 is 15.0 Å². The molecule has 0 N–H and O–H groups in total. The molecule has 10 aromatic carbocycles. The number of nitrogens with zero attached hydrogens (tertiary/aromatic N) is 1. The van der Waals surface area contributed by atoms with Crippen LogP contribution in [0.5, 0.6) is 11.5 Å². The SMILES string of the molecule is [2H]c1c([2H])c(-c2ccc3c(c2)C(c2ccccc2)(c2ccccc2)c2ccccc2-3)c([2H])c(N(c2ccc3c(c2)OCO3)c2ccc3c(c2)C(c2ccccc2)(c2ccccc2)c2ccccc2-3)c1[2H]. The van der Waals surface area contributed by atoms with Crippen LogP contribution < -0.4 is 14.4 Å². The van der Waals surface area contributed by atoms with Crippen molar-refractivity contribution in [2.75, 3.05) is 11.7 Å². The van der Waals surface area contributed by atoms with Crippen LogP contribution >= 0.6 is 0 Å². The van der Waals surface area contributed by atoms with Crippen molar-refractivity contribution in [2.24, 2.45) is 0 Å². The average molecular weight is 850 g/mol. The Morgan fingerprint density at radius 1 is 0.364 bits per heavy atom. The smallest absolute Gasteiger partial charge is 0.231 e. The predicted molar refractivity (Wildman–Crippen MR) is 267 cm³/mol. The highest BCUT2D eigenvalue weighted by atomic mass is 16.7. The van der Waals surface area contributed by atoms with Crippen molar-refractivity contribution in [2.45, 2.75) is 10.8 Å². The van der Waals surface area contributed by atoms with E-state index in [0.29, 0.717) is 28.4 Å². The molecule has 3 aliphatic rings. The maximum Gasteiger partial charge on any atom is 0.231 e. The van der Waals surface area contributed by atoms with E-state index < -0.39 is 10.8 Å². The van der Waals surface area contributed by atoms with Gasteiger partial charge in [0.2, 0.25) is 6.79 Å². The Bertz CT molecular complexity index is 3620. The van der Waals surface area contributed by atoms with Gasteiger partial charge in [-0.05, 0) is 120 Å². The fraction of sp³-hybridized carbons (Fsp3) is 0.0476. The molecular weight excluding hydrogens is 803 g/mol. The number of ether oxygens (including phenoxy) is 2. The average Bonchev–Trinajstić information content (AvgIpc) is 4.10. The van der Waals surface area contributed by atoms with Gasteiger partial charge in [-0.2, -0.15) is 0 Å². The van der Waals surface area contributed by atoms with E-state index in [2.05, 4.69) is 170 Å². The summed E-state index contributed by atoms with van der Waals surface area (Å²) in [5.74, 6) is 1.14. The molecule has 0 spiro atoms. The molecule has 13 rings (SSSR count). The number of benzene rings is 10. The van der Waals surface area contributed by atoms with Gasteiger partial charge in [0.25, 0.3) is 0 Å². The standard InChI is InChI=1S/C63H43NO2/c1-5-19-45(20-6-1)62(46-21-7-2-8-22-46)56-30-15-13-28-52(56)54-35-32-44(39-58(54)62)43-18-17-27-49(38-43)64(51-34-37-60-61(41-51)66-42-65-60)50-33-36-55-53-29-14-16-31-57(53)63(59(55)40-50,47-23-9-3-10-24-47)48-25-11-4-12-26-48/h1-41H,42H2/i17D,18D,27D,38D. The van der Waals surface area contributed by atoms with E-state index in [1.165, 1.54) is 0 Å². The molecule has 0 amide bonds. The fourth-order valence-electron chi connectivity index (χ4n) is 11.2. The van der Waals surface area contributed by atoms with Crippen LogP contribution in [-0.2, 0) is 10.8 Å². The largest absolute Gasteiger partial charge is 0.454 e. The van der Waals surface area contributed by atoms with E-state index in [9.17, 15) is 5.48 Å². The van der Waals surface area contributed by atoms with Crippen LogP contribution in [0.4, 0.5) is 17.1 Å². The third-order valence-electron chi connectivity index (χ3n) is 13.9. The van der Waals surface area contributed by atoms with Gasteiger partial charge in [0.15, 0.2) is 11.5 Å². The number of rotatable bonds is 8. The van der Waals surface area contributed by atoms with Gasteiger partial charge >= 0.3 is 0 Å². The van der Waals surface area contributed by atoms with Gasteiger partial charge < -0.3 is 14.4 Å². The molecule has 0 fully saturated rings. The van der Waals surface area contributed by atoms with Gasteiger partial charge in [-0.15, -0.1) is 0 Å². The van der Waals surface area contributed by atoms with Crippen LogP contribution in [0.15, 0.2) is 249 Å². The predicted octanol–water partition coefficient (Wildman–Crippen LogP) is 15.3. The normalized spacial score (nSPS) is 15.0. The Hall–Kier alpha value is -8.40. The summed E-state index contributed by atoms with van der Waals surface area (Å²) in [6.45, 7) is 0.0736. The van der Waals surface area contributed by atoms with E-state index >= 15 is 0 Å². The molecule has 10 aromatic rings. The zero-order valence-corrected chi connectivity index (χ0v) is 35.8. The third-order valence-corrected chi connectivity index (χ3v) is 13.9. The molecule has 3 heteroatoms. The third kappa shape index (κ3) is 5.56. The summed E-state index contributed by atoms with van der Waals surface area (Å²) < 4.78 is 51.2. The Morgan fingerprint density at radius 3 is 1.39 bits per heavy atom. The van der Waals surface area contributed by atoms with Gasteiger partial charge in [0.05, 0.1) is 22.0 Å². The molecule has 0 bridgehead atoms. The molecule has 1 heterocycles. The zero-order chi connectivity index (χ0) is 47.1. The van der Waals surface area contributed by atoms with Gasteiger partial charge in [0.1, 0.15) is 0 Å². The summed E-state index contributed by atoms with van der Waals surface area (Å²) in [5.41, 5.74) is 14.1. The molecule has 0 unspecified atom stereocenters. The highest BCUT2D eigenvalue weighted by molar-refractivity contribution is 5.92.